The SMILES string of the molecule is COC(=O)N1CCC(C(=O)N[C@H](C)C2CCC2)(c2cccc(NC(=O)[C@@H](NC(=O)c3ccnn3C)C(C3CC3)C3CC3)c2)C1. The first kappa shape index (κ1) is 30.1. The number of amides is 4. The van der Waals surface area contributed by atoms with Gasteiger partial charge in [0.05, 0.1) is 12.5 Å². The Morgan fingerprint density at radius 2 is 1.73 bits per heavy atom. The van der Waals surface area contributed by atoms with E-state index >= 15 is 0 Å². The van der Waals surface area contributed by atoms with Gasteiger partial charge in [0.1, 0.15) is 11.7 Å². The zero-order valence-electron chi connectivity index (χ0n) is 25.9. The highest BCUT2D eigenvalue weighted by atomic mass is 16.5. The first-order valence-corrected chi connectivity index (χ1v) is 16.0. The number of nitrogens with one attached hydrogen (secondary N) is 3. The maximum absolute atomic E-state index is 14.0. The monoisotopic (exact) mass is 604 g/mol. The molecular weight excluding hydrogens is 560 g/mol. The second-order valence-corrected chi connectivity index (χ2v) is 13.3. The standard InChI is InChI=1S/C33H44N6O5/c1-20(21-6-4-7-21)35-31(42)33(15-17-39(19-33)32(43)44-3)24-8-5-9-25(18-24)36-30(41)28(27(22-10-11-22)23-12-13-23)37-29(40)26-14-16-34-38(26)2/h5,8-9,14,16,18,20-23,27-28H,4,6-7,10-13,15,17,19H2,1-3H3,(H,35,42)(H,36,41)(H,37,40)/t20-,28+,33?/m1/s1. The predicted molar refractivity (Wildman–Crippen MR) is 164 cm³/mol. The number of ether oxygens (including phenoxy) is 1. The summed E-state index contributed by atoms with van der Waals surface area (Å²) in [5.74, 6) is 0.674. The van der Waals surface area contributed by atoms with E-state index in [1.54, 1.807) is 30.3 Å². The molecule has 0 radical (unpaired) electrons. The molecule has 11 nitrogen and oxygen atoms in total. The maximum Gasteiger partial charge on any atom is 0.409 e. The van der Waals surface area contributed by atoms with Gasteiger partial charge in [0, 0.05) is 38.1 Å². The van der Waals surface area contributed by atoms with Crippen molar-refractivity contribution >= 4 is 29.5 Å². The van der Waals surface area contributed by atoms with Crippen LogP contribution in [0.2, 0.25) is 0 Å². The summed E-state index contributed by atoms with van der Waals surface area (Å²) in [4.78, 5) is 55.3. The lowest BCUT2D eigenvalue weighted by Crippen LogP contribution is -2.52. The van der Waals surface area contributed by atoms with Crippen molar-refractivity contribution in [2.45, 2.75) is 75.8 Å². The van der Waals surface area contributed by atoms with Crippen LogP contribution in [0.25, 0.3) is 0 Å². The normalized spacial score (nSPS) is 23.0. The van der Waals surface area contributed by atoms with Crippen LogP contribution in [-0.4, -0.2) is 70.8 Å². The highest BCUT2D eigenvalue weighted by Crippen LogP contribution is 2.51. The summed E-state index contributed by atoms with van der Waals surface area (Å²) in [6, 6.07) is 8.36. The van der Waals surface area contributed by atoms with Gasteiger partial charge in [-0.1, -0.05) is 18.6 Å². The van der Waals surface area contributed by atoms with Crippen LogP contribution < -0.4 is 16.0 Å². The van der Waals surface area contributed by atoms with Crippen molar-refractivity contribution in [3.05, 3.63) is 47.8 Å². The number of rotatable bonds is 11. The first-order chi connectivity index (χ1) is 21.2. The fourth-order valence-corrected chi connectivity index (χ4v) is 7.20. The van der Waals surface area contributed by atoms with Gasteiger partial charge in [-0.2, -0.15) is 5.10 Å². The van der Waals surface area contributed by atoms with Crippen molar-refractivity contribution in [1.82, 2.24) is 25.3 Å². The average molecular weight is 605 g/mol. The van der Waals surface area contributed by atoms with Gasteiger partial charge >= 0.3 is 6.09 Å². The van der Waals surface area contributed by atoms with Crippen LogP contribution in [0, 0.1) is 23.7 Å². The fraction of sp³-hybridized carbons (Fsp3) is 0.606. The average Bonchev–Trinajstić information content (AvgIpc) is 3.91. The third kappa shape index (κ3) is 6.05. The number of carbonyl (C=O) groups excluding carboxylic acids is 4. The minimum atomic E-state index is -0.982. The van der Waals surface area contributed by atoms with Crippen molar-refractivity contribution < 1.29 is 23.9 Å². The van der Waals surface area contributed by atoms with Crippen molar-refractivity contribution in [3.8, 4) is 0 Å². The molecule has 2 aromatic rings. The lowest BCUT2D eigenvalue weighted by atomic mass is 9.76. The van der Waals surface area contributed by atoms with E-state index in [1.165, 1.54) is 18.2 Å². The predicted octanol–water partition coefficient (Wildman–Crippen LogP) is 3.61. The number of aryl methyl sites for hydroxylation is 1. The lowest BCUT2D eigenvalue weighted by molar-refractivity contribution is -0.127. The van der Waals surface area contributed by atoms with Crippen molar-refractivity contribution in [2.24, 2.45) is 30.7 Å². The molecule has 4 aliphatic rings. The van der Waals surface area contributed by atoms with Gasteiger partial charge in [0.2, 0.25) is 11.8 Å². The molecule has 0 spiro atoms. The molecule has 11 heteroatoms. The van der Waals surface area contributed by atoms with E-state index in [1.807, 2.05) is 18.2 Å². The molecule has 4 fully saturated rings. The summed E-state index contributed by atoms with van der Waals surface area (Å²) in [6.45, 7) is 2.63. The molecule has 1 aromatic carbocycles. The van der Waals surface area contributed by atoms with E-state index in [-0.39, 0.29) is 36.2 Å². The van der Waals surface area contributed by atoms with Crippen molar-refractivity contribution in [2.75, 3.05) is 25.5 Å². The quantitative estimate of drug-likeness (QED) is 0.359. The second-order valence-electron chi connectivity index (χ2n) is 13.3. The number of hydrogen-bond acceptors (Lipinski definition) is 6. The largest absolute Gasteiger partial charge is 0.453 e. The first-order valence-electron chi connectivity index (χ1n) is 16.0. The number of hydrogen-bond donors (Lipinski definition) is 3. The summed E-state index contributed by atoms with van der Waals surface area (Å²) in [5, 5.41) is 13.5. The molecule has 3 saturated carbocycles. The van der Waals surface area contributed by atoms with Gasteiger partial charge in [-0.15, -0.1) is 0 Å². The molecule has 1 aliphatic heterocycles. The van der Waals surface area contributed by atoms with E-state index in [0.29, 0.717) is 42.1 Å². The maximum atomic E-state index is 14.0. The number of carbonyl (C=O) groups is 4. The van der Waals surface area contributed by atoms with Crippen LogP contribution in [-0.2, 0) is 26.8 Å². The van der Waals surface area contributed by atoms with Gasteiger partial charge in [0.25, 0.3) is 5.91 Å². The van der Waals surface area contributed by atoms with Crippen LogP contribution >= 0.6 is 0 Å². The van der Waals surface area contributed by atoms with Crippen LogP contribution in [0.15, 0.2) is 36.5 Å². The third-order valence-electron chi connectivity index (χ3n) is 10.4. The number of methoxy groups -OCH3 is 1. The molecule has 2 heterocycles. The summed E-state index contributed by atoms with van der Waals surface area (Å²) >= 11 is 0. The zero-order valence-corrected chi connectivity index (χ0v) is 25.9. The molecule has 1 saturated heterocycles. The molecule has 0 bridgehead atoms. The van der Waals surface area contributed by atoms with Crippen molar-refractivity contribution in [1.29, 1.82) is 0 Å². The molecule has 3 atom stereocenters. The minimum absolute atomic E-state index is 0.0359. The van der Waals surface area contributed by atoms with Crippen LogP contribution in [0.5, 0.6) is 0 Å². The zero-order chi connectivity index (χ0) is 31.0. The van der Waals surface area contributed by atoms with Crippen LogP contribution in [0.1, 0.15) is 74.3 Å². The Hall–Kier alpha value is -3.89. The topological polar surface area (TPSA) is 135 Å². The van der Waals surface area contributed by atoms with E-state index < -0.39 is 17.6 Å². The Morgan fingerprint density at radius 1 is 1.00 bits per heavy atom. The van der Waals surface area contributed by atoms with Crippen LogP contribution in [0.3, 0.4) is 0 Å². The molecule has 1 aromatic heterocycles. The summed E-state index contributed by atoms with van der Waals surface area (Å²) in [5.41, 5.74) is 0.699. The van der Waals surface area contributed by atoms with Crippen molar-refractivity contribution in [3.63, 3.8) is 0 Å². The molecule has 3 N–H and O–H groups in total. The molecule has 3 aliphatic carbocycles. The highest BCUT2D eigenvalue weighted by molar-refractivity contribution is 6.01. The van der Waals surface area contributed by atoms with Gasteiger partial charge in [0.15, 0.2) is 0 Å². The molecular formula is C33H44N6O5. The smallest absolute Gasteiger partial charge is 0.409 e. The van der Waals surface area contributed by atoms with E-state index in [0.717, 1.165) is 44.1 Å². The number of aromatic nitrogens is 2. The Kier molecular flexibility index (Phi) is 8.39. The van der Waals surface area contributed by atoms with Gasteiger partial charge in [-0.05, 0) is 99.3 Å². The number of benzene rings is 1. The van der Waals surface area contributed by atoms with Gasteiger partial charge < -0.3 is 25.6 Å². The number of nitrogens with zero attached hydrogens (tertiary/aromatic N) is 3. The van der Waals surface area contributed by atoms with Gasteiger partial charge in [-0.3, -0.25) is 19.1 Å². The number of anilines is 1. The summed E-state index contributed by atoms with van der Waals surface area (Å²) < 4.78 is 6.49. The minimum Gasteiger partial charge on any atom is -0.453 e. The van der Waals surface area contributed by atoms with Gasteiger partial charge in [-0.25, -0.2) is 4.79 Å². The summed E-state index contributed by atoms with van der Waals surface area (Å²) in [7, 11) is 3.05. The van der Waals surface area contributed by atoms with Crippen LogP contribution in [0.4, 0.5) is 10.5 Å². The second kappa shape index (κ2) is 12.2. The molecule has 4 amide bonds. The molecule has 44 heavy (non-hydrogen) atoms. The Bertz CT molecular complexity index is 1400. The van der Waals surface area contributed by atoms with E-state index in [9.17, 15) is 19.2 Å². The highest BCUT2D eigenvalue weighted by Gasteiger charge is 2.50. The molecule has 236 valence electrons. The fourth-order valence-electron chi connectivity index (χ4n) is 7.20. The summed E-state index contributed by atoms with van der Waals surface area (Å²) in [6.07, 6.45) is 9.19. The Labute approximate surface area is 258 Å². The van der Waals surface area contributed by atoms with E-state index in [4.69, 9.17) is 4.74 Å². The number of likely N-dealkylation sites (tertiary alicyclic amines) is 1. The van der Waals surface area contributed by atoms with E-state index in [2.05, 4.69) is 28.0 Å². The Balaban J connectivity index is 1.25. The Morgan fingerprint density at radius 3 is 2.32 bits per heavy atom. The molecule has 1 unspecified atom stereocenters. The lowest BCUT2D eigenvalue weighted by Gasteiger charge is -2.36. The molecule has 6 rings (SSSR count). The third-order valence-corrected chi connectivity index (χ3v) is 10.4.